The van der Waals surface area contributed by atoms with E-state index in [0.29, 0.717) is 0 Å². The van der Waals surface area contributed by atoms with Crippen LogP contribution in [0.4, 0.5) is 0 Å². The molecule has 3 nitrogen and oxygen atoms in total. The molecule has 1 aliphatic rings. The minimum Gasteiger partial charge on any atom is -0.481 e. The second-order valence-corrected chi connectivity index (χ2v) is 3.50. The lowest BCUT2D eigenvalue weighted by molar-refractivity contribution is -0.135. The molecule has 0 bridgehead atoms. The lowest BCUT2D eigenvalue weighted by Crippen LogP contribution is -1.97. The van der Waals surface area contributed by atoms with Crippen molar-refractivity contribution in [2.75, 3.05) is 0 Å². The van der Waals surface area contributed by atoms with E-state index in [-0.39, 0.29) is 6.42 Å². The number of hydrogen-bond acceptors (Lipinski definition) is 2. The number of allylic oxidation sites excluding steroid dienone is 1. The van der Waals surface area contributed by atoms with Crippen LogP contribution in [0.5, 0.6) is 0 Å². The van der Waals surface area contributed by atoms with Gasteiger partial charge in [-0.25, -0.2) is 0 Å². The smallest absolute Gasteiger partial charge is 0.307 e. The summed E-state index contributed by atoms with van der Waals surface area (Å²) in [7, 11) is 0. The summed E-state index contributed by atoms with van der Waals surface area (Å²) < 4.78 is 0. The lowest BCUT2D eigenvalue weighted by atomic mass is 10.1. The highest BCUT2D eigenvalue weighted by atomic mass is 16.4. The van der Waals surface area contributed by atoms with Crippen molar-refractivity contribution in [2.24, 2.45) is 0 Å². The summed E-state index contributed by atoms with van der Waals surface area (Å²) in [6.07, 6.45) is 2.64. The van der Waals surface area contributed by atoms with Crippen LogP contribution in [0.3, 0.4) is 0 Å². The zero-order valence-electron chi connectivity index (χ0n) is 7.95. The fraction of sp³-hybridized carbons (Fsp3) is 0.273. The zero-order chi connectivity index (χ0) is 10.1. The number of carboxylic acids is 1. The SMILES string of the molecule is CC1=C(CC(=O)O)c2cccnc2C1. The molecule has 0 aliphatic heterocycles. The summed E-state index contributed by atoms with van der Waals surface area (Å²) in [5, 5.41) is 8.76. The average Bonchev–Trinajstić information content (AvgIpc) is 2.43. The molecule has 1 aromatic rings. The van der Waals surface area contributed by atoms with E-state index < -0.39 is 5.97 Å². The van der Waals surface area contributed by atoms with Gasteiger partial charge in [0.1, 0.15) is 0 Å². The van der Waals surface area contributed by atoms with Gasteiger partial charge in [-0.3, -0.25) is 9.78 Å². The number of carboxylic acid groups (broad SMARTS) is 1. The Kier molecular flexibility index (Phi) is 2.08. The Hall–Kier alpha value is -1.64. The van der Waals surface area contributed by atoms with Crippen molar-refractivity contribution >= 4 is 11.5 Å². The molecule has 72 valence electrons. The molecule has 3 heteroatoms. The van der Waals surface area contributed by atoms with Crippen LogP contribution in [0.15, 0.2) is 23.9 Å². The number of fused-ring (bicyclic) bond motifs is 1. The first-order valence-electron chi connectivity index (χ1n) is 4.53. The number of carbonyl (C=O) groups is 1. The number of hydrogen-bond donors (Lipinski definition) is 1. The minimum atomic E-state index is -0.781. The van der Waals surface area contributed by atoms with Gasteiger partial charge in [-0.15, -0.1) is 0 Å². The second kappa shape index (κ2) is 3.25. The normalized spacial score (nSPS) is 14.4. The van der Waals surface area contributed by atoms with Gasteiger partial charge in [0.15, 0.2) is 0 Å². The molecule has 0 saturated heterocycles. The van der Waals surface area contributed by atoms with Crippen molar-refractivity contribution < 1.29 is 9.90 Å². The first-order valence-corrected chi connectivity index (χ1v) is 4.53. The molecule has 0 aromatic carbocycles. The molecule has 2 rings (SSSR count). The summed E-state index contributed by atoms with van der Waals surface area (Å²) >= 11 is 0. The molecule has 0 radical (unpaired) electrons. The van der Waals surface area contributed by atoms with E-state index in [1.807, 2.05) is 19.1 Å². The van der Waals surface area contributed by atoms with Gasteiger partial charge in [0, 0.05) is 18.2 Å². The summed E-state index contributed by atoms with van der Waals surface area (Å²) in [5.41, 5.74) is 4.07. The maximum atomic E-state index is 10.7. The first-order chi connectivity index (χ1) is 6.68. The molecule has 14 heavy (non-hydrogen) atoms. The third kappa shape index (κ3) is 1.41. The third-order valence-electron chi connectivity index (χ3n) is 2.49. The number of pyridine rings is 1. The van der Waals surface area contributed by atoms with Crippen LogP contribution in [-0.2, 0) is 11.2 Å². The van der Waals surface area contributed by atoms with E-state index in [2.05, 4.69) is 4.98 Å². The minimum absolute atomic E-state index is 0.102. The standard InChI is InChI=1S/C11H11NO2/c1-7-5-10-8(3-2-4-12-10)9(7)6-11(13)14/h2-4H,5-6H2,1H3,(H,13,14). The Morgan fingerprint density at radius 2 is 2.43 bits per heavy atom. The Balaban J connectivity index is 2.41. The Morgan fingerprint density at radius 1 is 1.64 bits per heavy atom. The predicted molar refractivity (Wildman–Crippen MR) is 52.8 cm³/mol. The van der Waals surface area contributed by atoms with Crippen molar-refractivity contribution in [3.8, 4) is 0 Å². The van der Waals surface area contributed by atoms with Gasteiger partial charge in [0.2, 0.25) is 0 Å². The lowest BCUT2D eigenvalue weighted by Gasteiger charge is -2.01. The summed E-state index contributed by atoms with van der Waals surface area (Å²) in [5.74, 6) is -0.781. The van der Waals surface area contributed by atoms with Gasteiger partial charge in [-0.05, 0) is 18.6 Å². The van der Waals surface area contributed by atoms with E-state index in [0.717, 1.165) is 28.8 Å². The van der Waals surface area contributed by atoms with Crippen LogP contribution in [0.1, 0.15) is 24.6 Å². The molecule has 0 saturated carbocycles. The first kappa shape index (κ1) is 8.94. The number of rotatable bonds is 2. The summed E-state index contributed by atoms with van der Waals surface area (Å²) in [6.45, 7) is 1.97. The van der Waals surface area contributed by atoms with Gasteiger partial charge < -0.3 is 5.11 Å². The van der Waals surface area contributed by atoms with Crippen LogP contribution in [0.25, 0.3) is 5.57 Å². The molecule has 0 amide bonds. The zero-order valence-corrected chi connectivity index (χ0v) is 7.95. The van der Waals surface area contributed by atoms with E-state index in [9.17, 15) is 4.79 Å². The van der Waals surface area contributed by atoms with Gasteiger partial charge in [-0.1, -0.05) is 11.6 Å². The van der Waals surface area contributed by atoms with Crippen molar-refractivity contribution in [3.05, 3.63) is 35.2 Å². The maximum absolute atomic E-state index is 10.7. The van der Waals surface area contributed by atoms with Crippen molar-refractivity contribution in [3.63, 3.8) is 0 Å². The molecular formula is C11H11NO2. The summed E-state index contributed by atoms with van der Waals surface area (Å²) in [6, 6.07) is 3.79. The highest BCUT2D eigenvalue weighted by molar-refractivity contribution is 5.87. The predicted octanol–water partition coefficient (Wildman–Crippen LogP) is 1.89. The molecule has 0 spiro atoms. The fourth-order valence-corrected chi connectivity index (χ4v) is 1.84. The largest absolute Gasteiger partial charge is 0.481 e. The Bertz CT molecular complexity index is 421. The van der Waals surface area contributed by atoms with Crippen LogP contribution >= 0.6 is 0 Å². The van der Waals surface area contributed by atoms with Gasteiger partial charge in [-0.2, -0.15) is 0 Å². The van der Waals surface area contributed by atoms with Crippen LogP contribution in [0.2, 0.25) is 0 Å². The van der Waals surface area contributed by atoms with Crippen molar-refractivity contribution in [1.29, 1.82) is 0 Å². The number of aromatic nitrogens is 1. The van der Waals surface area contributed by atoms with Gasteiger partial charge in [0.05, 0.1) is 12.1 Å². The highest BCUT2D eigenvalue weighted by Gasteiger charge is 2.20. The molecule has 0 fully saturated rings. The Labute approximate surface area is 82.1 Å². The highest BCUT2D eigenvalue weighted by Crippen LogP contribution is 2.33. The molecule has 0 atom stereocenters. The fourth-order valence-electron chi connectivity index (χ4n) is 1.84. The quantitative estimate of drug-likeness (QED) is 0.772. The number of aliphatic carboxylic acids is 1. The molecule has 1 aromatic heterocycles. The molecule has 0 unspecified atom stereocenters. The molecule has 1 aliphatic carbocycles. The second-order valence-electron chi connectivity index (χ2n) is 3.50. The Morgan fingerprint density at radius 3 is 3.14 bits per heavy atom. The molecule has 1 N–H and O–H groups in total. The van der Waals surface area contributed by atoms with Crippen molar-refractivity contribution in [2.45, 2.75) is 19.8 Å². The maximum Gasteiger partial charge on any atom is 0.307 e. The van der Waals surface area contributed by atoms with Gasteiger partial charge in [0.25, 0.3) is 0 Å². The van der Waals surface area contributed by atoms with E-state index >= 15 is 0 Å². The monoisotopic (exact) mass is 189 g/mol. The van der Waals surface area contributed by atoms with Crippen LogP contribution in [0, 0.1) is 0 Å². The molecular weight excluding hydrogens is 178 g/mol. The van der Waals surface area contributed by atoms with E-state index in [4.69, 9.17) is 5.11 Å². The van der Waals surface area contributed by atoms with E-state index in [1.54, 1.807) is 6.20 Å². The topological polar surface area (TPSA) is 50.2 Å². The van der Waals surface area contributed by atoms with Crippen LogP contribution in [-0.4, -0.2) is 16.1 Å². The number of nitrogens with zero attached hydrogens (tertiary/aromatic N) is 1. The van der Waals surface area contributed by atoms with Crippen molar-refractivity contribution in [1.82, 2.24) is 4.98 Å². The van der Waals surface area contributed by atoms with Crippen LogP contribution < -0.4 is 0 Å². The average molecular weight is 189 g/mol. The summed E-state index contributed by atoms with van der Waals surface area (Å²) in [4.78, 5) is 14.9. The van der Waals surface area contributed by atoms with Gasteiger partial charge >= 0.3 is 5.97 Å². The van der Waals surface area contributed by atoms with E-state index in [1.165, 1.54) is 0 Å². The third-order valence-corrected chi connectivity index (χ3v) is 2.49. The molecule has 1 heterocycles.